The highest BCUT2D eigenvalue weighted by Crippen LogP contribution is 2.44. The number of halogens is 3. The molecule has 1 aromatic carbocycles. The number of rotatable bonds is 3. The van der Waals surface area contributed by atoms with E-state index in [9.17, 15) is 13.2 Å². The molecule has 4 rings (SSSR count). The van der Waals surface area contributed by atoms with Crippen LogP contribution in [0.3, 0.4) is 0 Å². The van der Waals surface area contributed by atoms with Gasteiger partial charge in [-0.1, -0.05) is 43.4 Å². The van der Waals surface area contributed by atoms with Crippen molar-refractivity contribution in [1.29, 1.82) is 0 Å². The number of aromatic amines is 1. The molecule has 0 saturated carbocycles. The van der Waals surface area contributed by atoms with Crippen molar-refractivity contribution in [3.8, 4) is 0 Å². The Balaban J connectivity index is 1.83. The summed E-state index contributed by atoms with van der Waals surface area (Å²) in [7, 11) is 0. The van der Waals surface area contributed by atoms with E-state index in [1.807, 2.05) is 41.8 Å². The van der Waals surface area contributed by atoms with Crippen LogP contribution in [0.1, 0.15) is 34.9 Å². The van der Waals surface area contributed by atoms with Crippen LogP contribution in [0.15, 0.2) is 65.6 Å². The highest BCUT2D eigenvalue weighted by molar-refractivity contribution is 7.10. The Kier molecular flexibility index (Phi) is 4.27. The molecule has 3 aromatic rings. The third-order valence-electron chi connectivity index (χ3n) is 4.93. The molecule has 0 amide bonds. The summed E-state index contributed by atoms with van der Waals surface area (Å²) < 4.78 is 40.0. The molecular weight excluding hydrogens is 355 g/mol. The molecule has 0 fully saturated rings. The Labute approximate surface area is 153 Å². The molecule has 0 spiro atoms. The van der Waals surface area contributed by atoms with Crippen LogP contribution in [-0.2, 0) is 6.42 Å². The minimum absolute atomic E-state index is 0.102. The molecule has 5 heteroatoms. The molecule has 0 bridgehead atoms. The number of aryl methyl sites for hydroxylation is 1. The van der Waals surface area contributed by atoms with Gasteiger partial charge in [0, 0.05) is 27.9 Å². The van der Waals surface area contributed by atoms with E-state index in [1.54, 1.807) is 17.4 Å². The lowest BCUT2D eigenvalue weighted by molar-refractivity contribution is -0.0887. The van der Waals surface area contributed by atoms with E-state index in [0.717, 1.165) is 28.6 Å². The van der Waals surface area contributed by atoms with Crippen molar-refractivity contribution in [3.05, 3.63) is 81.7 Å². The summed E-state index contributed by atoms with van der Waals surface area (Å²) in [6.07, 6.45) is 0.841. The quantitative estimate of drug-likeness (QED) is 0.525. The lowest BCUT2D eigenvalue weighted by Crippen LogP contribution is -2.18. The lowest BCUT2D eigenvalue weighted by Gasteiger charge is -2.27. The van der Waals surface area contributed by atoms with Gasteiger partial charge in [-0.25, -0.2) is 0 Å². The zero-order valence-electron chi connectivity index (χ0n) is 14.2. The molecule has 2 heterocycles. The van der Waals surface area contributed by atoms with Crippen molar-refractivity contribution in [1.82, 2.24) is 4.98 Å². The summed E-state index contributed by atoms with van der Waals surface area (Å²) in [5.74, 6) is -0.473. The molecule has 0 aliphatic heterocycles. The molecule has 1 N–H and O–H groups in total. The van der Waals surface area contributed by atoms with Crippen LogP contribution in [-0.4, -0.2) is 11.2 Å². The van der Waals surface area contributed by atoms with Gasteiger partial charge in [0.05, 0.1) is 5.57 Å². The van der Waals surface area contributed by atoms with Crippen molar-refractivity contribution in [2.75, 3.05) is 0 Å². The molecule has 1 aliphatic rings. The van der Waals surface area contributed by atoms with Gasteiger partial charge in [-0.3, -0.25) is 0 Å². The van der Waals surface area contributed by atoms with E-state index in [4.69, 9.17) is 0 Å². The second kappa shape index (κ2) is 6.47. The number of H-pyrrole nitrogens is 1. The fourth-order valence-electron chi connectivity index (χ4n) is 3.66. The summed E-state index contributed by atoms with van der Waals surface area (Å²) in [6, 6.07) is 11.8. The number of para-hydroxylation sites is 1. The number of hydrogen-bond donors (Lipinski definition) is 1. The topological polar surface area (TPSA) is 15.8 Å². The van der Waals surface area contributed by atoms with Crippen LogP contribution in [0.4, 0.5) is 13.2 Å². The van der Waals surface area contributed by atoms with E-state index in [-0.39, 0.29) is 11.8 Å². The molecule has 0 saturated heterocycles. The highest BCUT2D eigenvalue weighted by atomic mass is 32.1. The van der Waals surface area contributed by atoms with Crippen molar-refractivity contribution >= 4 is 22.2 Å². The SMILES string of the molecule is CCc1sccc1C1C=CC(C(F)(F)F)=CC1c1cc2ccccc2[nH]1. The van der Waals surface area contributed by atoms with Crippen molar-refractivity contribution in [3.63, 3.8) is 0 Å². The van der Waals surface area contributed by atoms with Crippen molar-refractivity contribution in [2.45, 2.75) is 31.4 Å². The number of benzene rings is 1. The Bertz CT molecular complexity index is 957. The molecule has 2 unspecified atom stereocenters. The maximum absolute atomic E-state index is 13.3. The number of thiophene rings is 1. The largest absolute Gasteiger partial charge is 0.416 e. The highest BCUT2D eigenvalue weighted by Gasteiger charge is 2.37. The maximum Gasteiger partial charge on any atom is 0.416 e. The van der Waals surface area contributed by atoms with Gasteiger partial charge in [0.1, 0.15) is 0 Å². The first-order valence-electron chi connectivity index (χ1n) is 8.58. The Morgan fingerprint density at radius 3 is 2.65 bits per heavy atom. The summed E-state index contributed by atoms with van der Waals surface area (Å²) >= 11 is 1.66. The number of nitrogens with one attached hydrogen (secondary N) is 1. The fraction of sp³-hybridized carbons (Fsp3) is 0.238. The molecule has 0 radical (unpaired) electrons. The van der Waals surface area contributed by atoms with Crippen LogP contribution < -0.4 is 0 Å². The average molecular weight is 373 g/mol. The monoisotopic (exact) mass is 373 g/mol. The van der Waals surface area contributed by atoms with Gasteiger partial charge in [-0.05, 0) is 40.9 Å². The maximum atomic E-state index is 13.3. The number of hydrogen-bond acceptors (Lipinski definition) is 1. The lowest BCUT2D eigenvalue weighted by atomic mass is 9.79. The van der Waals surface area contributed by atoms with Gasteiger partial charge < -0.3 is 4.98 Å². The normalized spacial score (nSPS) is 20.5. The van der Waals surface area contributed by atoms with Gasteiger partial charge in [-0.2, -0.15) is 13.2 Å². The predicted molar refractivity (Wildman–Crippen MR) is 101 cm³/mol. The second-order valence-electron chi connectivity index (χ2n) is 6.50. The third-order valence-corrected chi connectivity index (χ3v) is 6.01. The Hall–Kier alpha value is -2.27. The van der Waals surface area contributed by atoms with Gasteiger partial charge in [0.2, 0.25) is 0 Å². The van der Waals surface area contributed by atoms with E-state index >= 15 is 0 Å². The molecular formula is C21H18F3NS. The van der Waals surface area contributed by atoms with Crippen molar-refractivity contribution < 1.29 is 13.2 Å². The summed E-state index contributed by atoms with van der Waals surface area (Å²) in [5, 5.41) is 3.03. The Morgan fingerprint density at radius 1 is 1.12 bits per heavy atom. The first-order valence-corrected chi connectivity index (χ1v) is 9.46. The standard InChI is InChI=1S/C21H18F3NS/c1-2-20-16(9-10-26-20)15-8-7-14(21(22,23)24)12-17(15)19-11-13-5-3-4-6-18(13)25-19/h3-12,15,17,25H,2H2,1H3. The number of alkyl halides is 3. The Morgan fingerprint density at radius 2 is 1.92 bits per heavy atom. The summed E-state index contributed by atoms with van der Waals surface area (Å²) in [5.41, 5.74) is 2.30. The van der Waals surface area contributed by atoms with Crippen molar-refractivity contribution in [2.24, 2.45) is 0 Å². The predicted octanol–water partition coefficient (Wildman–Crippen LogP) is 6.72. The van der Waals surface area contributed by atoms with Gasteiger partial charge in [0.25, 0.3) is 0 Å². The first kappa shape index (κ1) is 17.2. The van der Waals surface area contributed by atoms with E-state index in [0.29, 0.717) is 0 Å². The molecule has 134 valence electrons. The number of allylic oxidation sites excluding steroid dienone is 4. The van der Waals surface area contributed by atoms with Crippen LogP contribution in [0.25, 0.3) is 10.9 Å². The molecule has 2 atom stereocenters. The summed E-state index contributed by atoms with van der Waals surface area (Å²) in [6.45, 7) is 2.08. The van der Waals surface area contributed by atoms with E-state index < -0.39 is 11.7 Å². The minimum Gasteiger partial charge on any atom is -0.358 e. The smallest absolute Gasteiger partial charge is 0.358 e. The molecule has 26 heavy (non-hydrogen) atoms. The van der Waals surface area contributed by atoms with Crippen LogP contribution in [0.2, 0.25) is 0 Å². The van der Waals surface area contributed by atoms with E-state index in [2.05, 4.69) is 11.9 Å². The zero-order chi connectivity index (χ0) is 18.3. The number of aromatic nitrogens is 1. The first-order chi connectivity index (χ1) is 12.5. The summed E-state index contributed by atoms with van der Waals surface area (Å²) in [4.78, 5) is 4.55. The van der Waals surface area contributed by atoms with Crippen LogP contribution in [0.5, 0.6) is 0 Å². The molecule has 2 aromatic heterocycles. The average Bonchev–Trinajstić information content (AvgIpc) is 3.26. The zero-order valence-corrected chi connectivity index (χ0v) is 15.0. The second-order valence-corrected chi connectivity index (χ2v) is 7.50. The van der Waals surface area contributed by atoms with Gasteiger partial charge in [0.15, 0.2) is 0 Å². The fourth-order valence-corrected chi connectivity index (χ4v) is 4.55. The minimum atomic E-state index is -4.34. The van der Waals surface area contributed by atoms with Gasteiger partial charge >= 0.3 is 6.18 Å². The van der Waals surface area contributed by atoms with Gasteiger partial charge in [-0.15, -0.1) is 11.3 Å². The molecule has 1 nitrogen and oxygen atoms in total. The number of fused-ring (bicyclic) bond motifs is 1. The third kappa shape index (κ3) is 3.01. The molecule has 1 aliphatic carbocycles. The van der Waals surface area contributed by atoms with Crippen LogP contribution >= 0.6 is 11.3 Å². The van der Waals surface area contributed by atoms with E-state index in [1.165, 1.54) is 17.0 Å². The van der Waals surface area contributed by atoms with Crippen LogP contribution in [0, 0.1) is 0 Å².